The van der Waals surface area contributed by atoms with E-state index in [9.17, 15) is 9.59 Å². The van der Waals surface area contributed by atoms with Crippen molar-refractivity contribution < 1.29 is 19.1 Å². The molecule has 0 unspecified atom stereocenters. The average molecular weight is 313 g/mol. The van der Waals surface area contributed by atoms with E-state index in [2.05, 4.69) is 5.32 Å². The smallest absolute Gasteiger partial charge is 0.228 e. The van der Waals surface area contributed by atoms with Crippen molar-refractivity contribution >= 4 is 17.4 Å². The van der Waals surface area contributed by atoms with Crippen molar-refractivity contribution in [1.29, 1.82) is 0 Å². The summed E-state index contributed by atoms with van der Waals surface area (Å²) in [6, 6.07) is 12.6. The summed E-state index contributed by atoms with van der Waals surface area (Å²) in [4.78, 5) is 24.2. The highest BCUT2D eigenvalue weighted by molar-refractivity contribution is 6.06. The molecule has 1 N–H and O–H groups in total. The first-order valence-corrected chi connectivity index (χ1v) is 7.16. The van der Waals surface area contributed by atoms with E-state index >= 15 is 0 Å². The van der Waals surface area contributed by atoms with Crippen LogP contribution >= 0.6 is 0 Å². The lowest BCUT2D eigenvalue weighted by atomic mass is 10.1. The molecule has 0 atom stereocenters. The third-order valence-electron chi connectivity index (χ3n) is 3.36. The SMILES string of the molecule is COc1cc(NC(=O)Cc2ccccc2)c(C(C)=O)c(OC)c1. The predicted octanol–water partition coefficient (Wildman–Crippen LogP) is 3.09. The lowest BCUT2D eigenvalue weighted by molar-refractivity contribution is -0.115. The zero-order valence-electron chi connectivity index (χ0n) is 13.4. The van der Waals surface area contributed by atoms with Gasteiger partial charge in [0.25, 0.3) is 0 Å². The highest BCUT2D eigenvalue weighted by Crippen LogP contribution is 2.32. The van der Waals surface area contributed by atoms with E-state index in [1.165, 1.54) is 21.1 Å². The number of ether oxygens (including phenoxy) is 2. The molecule has 0 bridgehead atoms. The number of hydrogen-bond acceptors (Lipinski definition) is 4. The minimum atomic E-state index is -0.214. The molecule has 0 spiro atoms. The number of ketones is 1. The number of Topliss-reactive ketones (excluding diaryl/α,β-unsaturated/α-hetero) is 1. The van der Waals surface area contributed by atoms with Crippen LogP contribution in [0.2, 0.25) is 0 Å². The number of rotatable bonds is 6. The molecule has 23 heavy (non-hydrogen) atoms. The molecule has 0 radical (unpaired) electrons. The topological polar surface area (TPSA) is 64.6 Å². The van der Waals surface area contributed by atoms with Gasteiger partial charge >= 0.3 is 0 Å². The Morgan fingerprint density at radius 1 is 1.04 bits per heavy atom. The summed E-state index contributed by atoms with van der Waals surface area (Å²) in [5, 5.41) is 2.77. The van der Waals surface area contributed by atoms with Gasteiger partial charge in [0, 0.05) is 12.1 Å². The number of nitrogens with one attached hydrogen (secondary N) is 1. The molecule has 0 aliphatic rings. The third kappa shape index (κ3) is 4.10. The summed E-state index contributed by atoms with van der Waals surface area (Å²) in [6.07, 6.45) is 0.220. The lowest BCUT2D eigenvalue weighted by Gasteiger charge is -2.15. The van der Waals surface area contributed by atoms with Crippen LogP contribution in [0.3, 0.4) is 0 Å². The molecule has 0 fully saturated rings. The van der Waals surface area contributed by atoms with Crippen LogP contribution in [-0.4, -0.2) is 25.9 Å². The zero-order chi connectivity index (χ0) is 16.8. The second kappa shape index (κ2) is 7.45. The molecule has 2 rings (SSSR count). The Balaban J connectivity index is 2.30. The van der Waals surface area contributed by atoms with Crippen LogP contribution in [0.4, 0.5) is 5.69 Å². The molecule has 0 aliphatic carbocycles. The fraction of sp³-hybridized carbons (Fsp3) is 0.222. The fourth-order valence-electron chi connectivity index (χ4n) is 2.31. The molecule has 0 saturated carbocycles. The van der Waals surface area contributed by atoms with Gasteiger partial charge in [-0.05, 0) is 12.5 Å². The Morgan fingerprint density at radius 3 is 2.30 bits per heavy atom. The van der Waals surface area contributed by atoms with Gasteiger partial charge in [0.1, 0.15) is 11.5 Å². The maximum Gasteiger partial charge on any atom is 0.228 e. The number of carbonyl (C=O) groups is 2. The van der Waals surface area contributed by atoms with E-state index < -0.39 is 0 Å². The molecule has 2 aromatic carbocycles. The van der Waals surface area contributed by atoms with Gasteiger partial charge in [-0.2, -0.15) is 0 Å². The third-order valence-corrected chi connectivity index (χ3v) is 3.36. The Kier molecular flexibility index (Phi) is 5.36. The summed E-state index contributed by atoms with van der Waals surface area (Å²) < 4.78 is 10.4. The summed E-state index contributed by atoms with van der Waals surface area (Å²) in [5.74, 6) is 0.460. The van der Waals surface area contributed by atoms with Crippen LogP contribution in [0.15, 0.2) is 42.5 Å². The van der Waals surface area contributed by atoms with Crippen LogP contribution in [0.1, 0.15) is 22.8 Å². The highest BCUT2D eigenvalue weighted by Gasteiger charge is 2.18. The van der Waals surface area contributed by atoms with Gasteiger partial charge < -0.3 is 14.8 Å². The number of anilines is 1. The number of carbonyl (C=O) groups excluding carboxylic acids is 2. The number of methoxy groups -OCH3 is 2. The molecular formula is C18H19NO4. The first-order valence-electron chi connectivity index (χ1n) is 7.16. The van der Waals surface area contributed by atoms with Crippen molar-refractivity contribution in [2.75, 3.05) is 19.5 Å². The second-order valence-corrected chi connectivity index (χ2v) is 5.02. The number of benzene rings is 2. The van der Waals surface area contributed by atoms with E-state index in [1.807, 2.05) is 30.3 Å². The van der Waals surface area contributed by atoms with Crippen molar-refractivity contribution in [2.45, 2.75) is 13.3 Å². The molecule has 5 nitrogen and oxygen atoms in total. The van der Waals surface area contributed by atoms with Crippen LogP contribution in [0.5, 0.6) is 11.5 Å². The monoisotopic (exact) mass is 313 g/mol. The molecule has 1 amide bonds. The van der Waals surface area contributed by atoms with E-state index in [0.29, 0.717) is 22.7 Å². The quantitative estimate of drug-likeness (QED) is 0.832. The first-order chi connectivity index (χ1) is 11.0. The lowest BCUT2D eigenvalue weighted by Crippen LogP contribution is -2.17. The van der Waals surface area contributed by atoms with Crippen LogP contribution in [-0.2, 0) is 11.2 Å². The van der Waals surface area contributed by atoms with Crippen molar-refractivity contribution in [2.24, 2.45) is 0 Å². The van der Waals surface area contributed by atoms with Gasteiger partial charge in [-0.15, -0.1) is 0 Å². The zero-order valence-corrected chi connectivity index (χ0v) is 13.4. The summed E-state index contributed by atoms with van der Waals surface area (Å²) in [7, 11) is 2.98. The van der Waals surface area contributed by atoms with Gasteiger partial charge in [0.15, 0.2) is 5.78 Å². The van der Waals surface area contributed by atoms with Gasteiger partial charge in [-0.1, -0.05) is 30.3 Å². The average Bonchev–Trinajstić information content (AvgIpc) is 2.54. The molecule has 0 aliphatic heterocycles. The standard InChI is InChI=1S/C18H19NO4/c1-12(20)18-15(10-14(22-2)11-16(18)23-3)19-17(21)9-13-7-5-4-6-8-13/h4-8,10-11H,9H2,1-3H3,(H,19,21). The predicted molar refractivity (Wildman–Crippen MR) is 88.3 cm³/mol. The van der Waals surface area contributed by atoms with E-state index in [-0.39, 0.29) is 18.1 Å². The minimum Gasteiger partial charge on any atom is -0.497 e. The molecular weight excluding hydrogens is 294 g/mol. The highest BCUT2D eigenvalue weighted by atomic mass is 16.5. The minimum absolute atomic E-state index is 0.195. The molecule has 0 heterocycles. The number of hydrogen-bond donors (Lipinski definition) is 1. The van der Waals surface area contributed by atoms with Crippen molar-refractivity contribution in [3.8, 4) is 11.5 Å². The molecule has 5 heteroatoms. The van der Waals surface area contributed by atoms with Gasteiger partial charge in [-0.3, -0.25) is 9.59 Å². The van der Waals surface area contributed by atoms with Crippen LogP contribution in [0.25, 0.3) is 0 Å². The van der Waals surface area contributed by atoms with Crippen molar-refractivity contribution in [3.63, 3.8) is 0 Å². The Bertz CT molecular complexity index is 710. The number of amides is 1. The molecule has 0 saturated heterocycles. The second-order valence-electron chi connectivity index (χ2n) is 5.02. The molecule has 120 valence electrons. The van der Waals surface area contributed by atoms with E-state index in [1.54, 1.807) is 12.1 Å². The Hall–Kier alpha value is -2.82. The largest absolute Gasteiger partial charge is 0.497 e. The summed E-state index contributed by atoms with van der Waals surface area (Å²) >= 11 is 0. The Labute approximate surface area is 135 Å². The maximum absolute atomic E-state index is 12.3. The van der Waals surface area contributed by atoms with Gasteiger partial charge in [0.2, 0.25) is 5.91 Å². The molecule has 0 aromatic heterocycles. The Morgan fingerprint density at radius 2 is 1.74 bits per heavy atom. The van der Waals surface area contributed by atoms with Crippen molar-refractivity contribution in [3.05, 3.63) is 53.6 Å². The summed E-state index contributed by atoms with van der Waals surface area (Å²) in [6.45, 7) is 1.43. The first kappa shape index (κ1) is 16.5. The summed E-state index contributed by atoms with van der Waals surface area (Å²) in [5.41, 5.74) is 1.61. The van der Waals surface area contributed by atoms with Gasteiger partial charge in [-0.25, -0.2) is 0 Å². The van der Waals surface area contributed by atoms with Gasteiger partial charge in [0.05, 0.1) is 31.9 Å². The van der Waals surface area contributed by atoms with Crippen LogP contribution < -0.4 is 14.8 Å². The normalized spacial score (nSPS) is 10.0. The van der Waals surface area contributed by atoms with Crippen LogP contribution in [0, 0.1) is 0 Å². The maximum atomic E-state index is 12.3. The molecule has 2 aromatic rings. The van der Waals surface area contributed by atoms with Crippen molar-refractivity contribution in [1.82, 2.24) is 0 Å². The van der Waals surface area contributed by atoms with E-state index in [4.69, 9.17) is 9.47 Å². The van der Waals surface area contributed by atoms with E-state index in [0.717, 1.165) is 5.56 Å². The fourth-order valence-corrected chi connectivity index (χ4v) is 2.31.